The maximum absolute atomic E-state index is 10.1. The topological polar surface area (TPSA) is 59.2 Å². The van der Waals surface area contributed by atoms with E-state index in [1.807, 2.05) is 31.2 Å². The Kier molecular flexibility index (Phi) is 2.42. The Balaban J connectivity index is 2.06. The van der Waals surface area contributed by atoms with Gasteiger partial charge in [-0.05, 0) is 25.1 Å². The van der Waals surface area contributed by atoms with Crippen molar-refractivity contribution in [3.05, 3.63) is 47.5 Å². The van der Waals surface area contributed by atoms with E-state index in [4.69, 9.17) is 4.42 Å². The summed E-state index contributed by atoms with van der Waals surface area (Å²) < 4.78 is 13.5. The number of aliphatic hydroxyl groups excluding tert-OH is 1. The number of benzene rings is 1. The number of nitrogens with zero attached hydrogens (tertiary/aromatic N) is 2. The molecule has 2 heterocycles. The van der Waals surface area contributed by atoms with Crippen molar-refractivity contribution in [3.63, 3.8) is 0 Å². The summed E-state index contributed by atoms with van der Waals surface area (Å²) in [6.45, 7) is 2.02. The van der Waals surface area contributed by atoms with Gasteiger partial charge in [0.15, 0.2) is 6.10 Å². The number of hydrogen-bond acceptors (Lipinski definition) is 5. The third-order valence-electron chi connectivity index (χ3n) is 2.62. The van der Waals surface area contributed by atoms with Crippen LogP contribution < -0.4 is 0 Å². The Morgan fingerprint density at radius 2 is 2.24 bits per heavy atom. The van der Waals surface area contributed by atoms with Crippen LogP contribution >= 0.6 is 11.7 Å². The highest BCUT2D eigenvalue weighted by atomic mass is 32.1. The predicted molar refractivity (Wildman–Crippen MR) is 64.9 cm³/mol. The van der Waals surface area contributed by atoms with Gasteiger partial charge in [0.05, 0.1) is 17.9 Å². The maximum atomic E-state index is 10.1. The average molecular weight is 246 g/mol. The first-order chi connectivity index (χ1) is 8.24. The molecular weight excluding hydrogens is 236 g/mol. The van der Waals surface area contributed by atoms with Gasteiger partial charge in [-0.15, -0.1) is 0 Å². The van der Waals surface area contributed by atoms with Crippen molar-refractivity contribution < 1.29 is 9.52 Å². The first-order valence-corrected chi connectivity index (χ1v) is 5.93. The van der Waals surface area contributed by atoms with Crippen molar-refractivity contribution >= 4 is 22.7 Å². The fourth-order valence-electron chi connectivity index (χ4n) is 1.76. The number of aryl methyl sites for hydroxylation is 1. The smallest absolute Gasteiger partial charge is 0.156 e. The zero-order valence-electron chi connectivity index (χ0n) is 9.12. The summed E-state index contributed by atoms with van der Waals surface area (Å²) in [6, 6.07) is 7.74. The fraction of sp³-hybridized carbons (Fsp3) is 0.167. The number of hydrogen-bond donors (Lipinski definition) is 1. The molecule has 0 fully saturated rings. The molecule has 5 heteroatoms. The minimum absolute atomic E-state index is 0.498. The monoisotopic (exact) mass is 246 g/mol. The predicted octanol–water partition coefficient (Wildman–Crippen LogP) is 2.67. The van der Waals surface area contributed by atoms with Crippen molar-refractivity contribution in [2.45, 2.75) is 13.0 Å². The Bertz CT molecular complexity index is 646. The Hall–Kier alpha value is -1.72. The molecule has 0 aliphatic rings. The summed E-state index contributed by atoms with van der Waals surface area (Å²) in [5.74, 6) is 0.498. The normalized spacial score (nSPS) is 13.1. The standard InChI is InChI=1S/C12H10N2O2S/c1-7-2-3-10-8(4-7)5-11(16-10)12(15)9-6-13-17-14-9/h2-6,12,15H,1H3. The van der Waals surface area contributed by atoms with Crippen molar-refractivity contribution in [1.29, 1.82) is 0 Å². The van der Waals surface area contributed by atoms with Crippen LogP contribution in [0.15, 0.2) is 34.9 Å². The number of rotatable bonds is 2. The van der Waals surface area contributed by atoms with Crippen molar-refractivity contribution in [3.8, 4) is 0 Å². The van der Waals surface area contributed by atoms with E-state index in [0.29, 0.717) is 11.5 Å². The van der Waals surface area contributed by atoms with Crippen LogP contribution in [0.2, 0.25) is 0 Å². The van der Waals surface area contributed by atoms with Gasteiger partial charge in [-0.25, -0.2) is 0 Å². The molecule has 3 rings (SSSR count). The molecule has 0 bridgehead atoms. The molecular formula is C12H10N2O2S. The SMILES string of the molecule is Cc1ccc2oc(C(O)c3cnsn3)cc2c1. The lowest BCUT2D eigenvalue weighted by molar-refractivity contribution is 0.188. The van der Waals surface area contributed by atoms with Crippen LogP contribution in [0.1, 0.15) is 23.1 Å². The molecule has 1 aromatic carbocycles. The zero-order chi connectivity index (χ0) is 11.8. The second-order valence-corrected chi connectivity index (χ2v) is 4.48. The number of furan rings is 1. The van der Waals surface area contributed by atoms with Gasteiger partial charge in [0, 0.05) is 5.39 Å². The Labute approximate surface area is 102 Å². The zero-order valence-corrected chi connectivity index (χ0v) is 9.94. The molecule has 1 atom stereocenters. The Morgan fingerprint density at radius 3 is 3.00 bits per heavy atom. The molecule has 1 N–H and O–H groups in total. The van der Waals surface area contributed by atoms with E-state index < -0.39 is 6.10 Å². The third-order valence-corrected chi connectivity index (χ3v) is 3.11. The molecule has 0 saturated heterocycles. The van der Waals surface area contributed by atoms with E-state index in [1.165, 1.54) is 0 Å². The number of aliphatic hydroxyl groups is 1. The van der Waals surface area contributed by atoms with Crippen LogP contribution in [0.3, 0.4) is 0 Å². The summed E-state index contributed by atoms with van der Waals surface area (Å²) in [5, 5.41) is 11.0. The molecule has 0 saturated carbocycles. The van der Waals surface area contributed by atoms with E-state index in [-0.39, 0.29) is 0 Å². The van der Waals surface area contributed by atoms with E-state index in [9.17, 15) is 5.11 Å². The lowest BCUT2D eigenvalue weighted by Gasteiger charge is -2.01. The van der Waals surface area contributed by atoms with Crippen molar-refractivity contribution in [2.24, 2.45) is 0 Å². The van der Waals surface area contributed by atoms with E-state index in [0.717, 1.165) is 28.3 Å². The third kappa shape index (κ3) is 1.83. The number of aromatic nitrogens is 2. The van der Waals surface area contributed by atoms with Crippen molar-refractivity contribution in [2.75, 3.05) is 0 Å². The minimum atomic E-state index is -0.846. The number of fused-ring (bicyclic) bond motifs is 1. The van der Waals surface area contributed by atoms with Gasteiger partial charge in [-0.2, -0.15) is 8.75 Å². The molecule has 0 radical (unpaired) electrons. The molecule has 0 aliphatic carbocycles. The van der Waals surface area contributed by atoms with Crippen molar-refractivity contribution in [1.82, 2.24) is 8.75 Å². The quantitative estimate of drug-likeness (QED) is 0.755. The summed E-state index contributed by atoms with van der Waals surface area (Å²) in [6.07, 6.45) is 0.704. The first-order valence-electron chi connectivity index (χ1n) is 5.19. The molecule has 2 aromatic heterocycles. The molecule has 4 nitrogen and oxygen atoms in total. The second-order valence-electron chi connectivity index (χ2n) is 3.92. The highest BCUT2D eigenvalue weighted by Gasteiger charge is 2.17. The minimum Gasteiger partial charge on any atom is -0.458 e. The fourth-order valence-corrected chi connectivity index (χ4v) is 2.20. The summed E-state index contributed by atoms with van der Waals surface area (Å²) in [7, 11) is 0. The average Bonchev–Trinajstić information content (AvgIpc) is 2.96. The van der Waals surface area contributed by atoms with E-state index in [2.05, 4.69) is 8.75 Å². The first kappa shape index (κ1) is 10.4. The van der Waals surface area contributed by atoms with Crippen LogP contribution in [0.4, 0.5) is 0 Å². The molecule has 86 valence electrons. The molecule has 3 aromatic rings. The van der Waals surface area contributed by atoms with Gasteiger partial charge < -0.3 is 9.52 Å². The summed E-state index contributed by atoms with van der Waals surface area (Å²) >= 11 is 1.07. The van der Waals surface area contributed by atoms with Gasteiger partial charge in [0.25, 0.3) is 0 Å². The highest BCUT2D eigenvalue weighted by molar-refractivity contribution is 6.99. The van der Waals surface area contributed by atoms with Crippen LogP contribution in [0, 0.1) is 6.92 Å². The van der Waals surface area contributed by atoms with Gasteiger partial charge in [-0.3, -0.25) is 0 Å². The van der Waals surface area contributed by atoms with Crippen LogP contribution in [-0.4, -0.2) is 13.9 Å². The highest BCUT2D eigenvalue weighted by Crippen LogP contribution is 2.27. The van der Waals surface area contributed by atoms with Crippen LogP contribution in [0.5, 0.6) is 0 Å². The van der Waals surface area contributed by atoms with Gasteiger partial charge >= 0.3 is 0 Å². The molecule has 17 heavy (non-hydrogen) atoms. The van der Waals surface area contributed by atoms with Gasteiger partial charge in [-0.1, -0.05) is 11.6 Å². The second kappa shape index (κ2) is 3.94. The lowest BCUT2D eigenvalue weighted by atomic mass is 10.1. The van der Waals surface area contributed by atoms with Crippen LogP contribution in [0.25, 0.3) is 11.0 Å². The molecule has 0 amide bonds. The van der Waals surface area contributed by atoms with E-state index >= 15 is 0 Å². The largest absolute Gasteiger partial charge is 0.458 e. The van der Waals surface area contributed by atoms with Crippen LogP contribution in [-0.2, 0) is 0 Å². The molecule has 1 unspecified atom stereocenters. The van der Waals surface area contributed by atoms with E-state index in [1.54, 1.807) is 6.20 Å². The maximum Gasteiger partial charge on any atom is 0.156 e. The molecule has 0 aliphatic heterocycles. The molecule has 0 spiro atoms. The van der Waals surface area contributed by atoms with Gasteiger partial charge in [0.2, 0.25) is 0 Å². The summed E-state index contributed by atoms with van der Waals surface area (Å²) in [5.41, 5.74) is 2.45. The summed E-state index contributed by atoms with van der Waals surface area (Å²) in [4.78, 5) is 0. The van der Waals surface area contributed by atoms with Gasteiger partial charge in [0.1, 0.15) is 17.0 Å². The lowest BCUT2D eigenvalue weighted by Crippen LogP contribution is -1.97. The Morgan fingerprint density at radius 1 is 1.35 bits per heavy atom.